The fourth-order valence-corrected chi connectivity index (χ4v) is 2.72. The molecule has 0 aromatic carbocycles. The number of ether oxygens (including phenoxy) is 3. The number of nitrogens with zero attached hydrogens (tertiary/aromatic N) is 1. The Morgan fingerprint density at radius 2 is 2.11 bits per heavy atom. The monoisotopic (exact) mass is 281 g/mol. The van der Waals surface area contributed by atoms with Gasteiger partial charge in [0.2, 0.25) is 0 Å². The summed E-state index contributed by atoms with van der Waals surface area (Å²) < 4.78 is 16.5. The third-order valence-corrected chi connectivity index (χ3v) is 3.86. The zero-order chi connectivity index (χ0) is 13.3. The average molecular weight is 282 g/mol. The van der Waals surface area contributed by atoms with Crippen LogP contribution in [0.1, 0.15) is 24.0 Å². The zero-order valence-corrected chi connectivity index (χ0v) is 11.4. The van der Waals surface area contributed by atoms with E-state index in [0.717, 1.165) is 17.7 Å². The van der Waals surface area contributed by atoms with Gasteiger partial charge in [0, 0.05) is 12.2 Å². The van der Waals surface area contributed by atoms with Gasteiger partial charge in [-0.15, -0.1) is 6.58 Å². The van der Waals surface area contributed by atoms with Crippen molar-refractivity contribution in [2.24, 2.45) is 0 Å². The van der Waals surface area contributed by atoms with Crippen LogP contribution in [0.2, 0.25) is 5.15 Å². The van der Waals surface area contributed by atoms with Crippen LogP contribution in [-0.2, 0) is 19.6 Å². The van der Waals surface area contributed by atoms with Crippen LogP contribution in [0.5, 0.6) is 0 Å². The Hall–Kier alpha value is -0.940. The van der Waals surface area contributed by atoms with E-state index in [9.17, 15) is 0 Å². The van der Waals surface area contributed by atoms with Gasteiger partial charge < -0.3 is 14.2 Å². The second kappa shape index (κ2) is 5.21. The quantitative estimate of drug-likeness (QED) is 0.631. The summed E-state index contributed by atoms with van der Waals surface area (Å²) in [5.74, 6) is 0. The lowest BCUT2D eigenvalue weighted by atomic mass is 9.83. The molecular weight excluding hydrogens is 266 g/mol. The van der Waals surface area contributed by atoms with Gasteiger partial charge in [0.1, 0.15) is 5.15 Å². The molecule has 1 atom stereocenters. The van der Waals surface area contributed by atoms with Gasteiger partial charge >= 0.3 is 0 Å². The van der Waals surface area contributed by atoms with Crippen molar-refractivity contribution in [1.82, 2.24) is 4.98 Å². The molecule has 0 amide bonds. The van der Waals surface area contributed by atoms with Crippen molar-refractivity contribution >= 4 is 11.6 Å². The highest BCUT2D eigenvalue weighted by molar-refractivity contribution is 6.29. The van der Waals surface area contributed by atoms with Crippen molar-refractivity contribution in [3.63, 3.8) is 0 Å². The first-order valence-corrected chi connectivity index (χ1v) is 6.74. The molecule has 3 rings (SSSR count). The highest BCUT2D eigenvalue weighted by Gasteiger charge is 2.36. The maximum Gasteiger partial charge on any atom is 0.184 e. The van der Waals surface area contributed by atoms with E-state index in [4.69, 9.17) is 25.8 Å². The molecule has 2 aliphatic heterocycles. The smallest absolute Gasteiger partial charge is 0.184 e. The van der Waals surface area contributed by atoms with E-state index < -0.39 is 0 Å². The van der Waals surface area contributed by atoms with Gasteiger partial charge in [0.05, 0.1) is 30.9 Å². The minimum absolute atomic E-state index is 0.252. The van der Waals surface area contributed by atoms with Gasteiger partial charge in [-0.1, -0.05) is 17.7 Å². The number of halogens is 1. The number of hydrogen-bond donors (Lipinski definition) is 0. The molecule has 2 saturated heterocycles. The van der Waals surface area contributed by atoms with Crippen molar-refractivity contribution < 1.29 is 14.2 Å². The predicted octanol–water partition coefficient (Wildman–Crippen LogP) is 2.62. The lowest BCUT2D eigenvalue weighted by Crippen LogP contribution is -2.25. The molecule has 19 heavy (non-hydrogen) atoms. The summed E-state index contributed by atoms with van der Waals surface area (Å²) in [7, 11) is 0. The largest absolute Gasteiger partial charge is 0.380 e. The van der Waals surface area contributed by atoms with Crippen LogP contribution >= 0.6 is 11.6 Å². The van der Waals surface area contributed by atoms with E-state index in [-0.39, 0.29) is 11.7 Å². The first kappa shape index (κ1) is 13.1. The summed E-state index contributed by atoms with van der Waals surface area (Å²) in [4.78, 5) is 4.43. The van der Waals surface area contributed by atoms with Gasteiger partial charge in [0.15, 0.2) is 6.29 Å². The standard InChI is InChI=1S/C14H16ClNO3/c1-2-14(3-4-17-9-14)11-7-10(8-12(15)16-11)13-18-5-6-19-13/h2,7-8,13H,1,3-6,9H2. The fraction of sp³-hybridized carbons (Fsp3) is 0.500. The molecule has 1 unspecified atom stereocenters. The SMILES string of the molecule is C=CC1(c2cc(C3OCCO3)cc(Cl)n2)CCOC1. The van der Waals surface area contributed by atoms with Crippen LogP contribution in [0.25, 0.3) is 0 Å². The van der Waals surface area contributed by atoms with Gasteiger partial charge in [-0.25, -0.2) is 4.98 Å². The lowest BCUT2D eigenvalue weighted by Gasteiger charge is -2.23. The second-order valence-electron chi connectivity index (χ2n) is 4.84. The molecular formula is C14H16ClNO3. The maximum absolute atomic E-state index is 6.13. The Labute approximate surface area is 117 Å². The molecule has 0 bridgehead atoms. The van der Waals surface area contributed by atoms with Gasteiger partial charge in [-0.2, -0.15) is 0 Å². The average Bonchev–Trinajstić information content (AvgIpc) is 3.10. The molecule has 0 N–H and O–H groups in total. The second-order valence-corrected chi connectivity index (χ2v) is 5.23. The number of pyridine rings is 1. The van der Waals surface area contributed by atoms with Crippen molar-refractivity contribution in [1.29, 1.82) is 0 Å². The highest BCUT2D eigenvalue weighted by atomic mass is 35.5. The Morgan fingerprint density at radius 3 is 2.74 bits per heavy atom. The molecule has 3 heterocycles. The van der Waals surface area contributed by atoms with Crippen molar-refractivity contribution in [2.75, 3.05) is 26.4 Å². The summed E-state index contributed by atoms with van der Waals surface area (Å²) in [6.45, 7) is 6.44. The summed E-state index contributed by atoms with van der Waals surface area (Å²) in [5, 5.41) is 0.444. The molecule has 0 radical (unpaired) electrons. The first-order chi connectivity index (χ1) is 9.23. The molecule has 5 heteroatoms. The van der Waals surface area contributed by atoms with Gasteiger partial charge in [0.25, 0.3) is 0 Å². The van der Waals surface area contributed by atoms with Crippen molar-refractivity contribution in [3.8, 4) is 0 Å². The molecule has 0 aliphatic carbocycles. The minimum atomic E-state index is -0.344. The third-order valence-electron chi connectivity index (χ3n) is 3.66. The Balaban J connectivity index is 1.99. The predicted molar refractivity (Wildman–Crippen MR) is 71.2 cm³/mol. The van der Waals surface area contributed by atoms with Crippen molar-refractivity contribution in [2.45, 2.75) is 18.1 Å². The van der Waals surface area contributed by atoms with Crippen LogP contribution in [-0.4, -0.2) is 31.4 Å². The van der Waals surface area contributed by atoms with E-state index in [1.54, 1.807) is 6.07 Å². The maximum atomic E-state index is 6.13. The summed E-state index contributed by atoms with van der Waals surface area (Å²) in [5.41, 5.74) is 1.53. The van der Waals surface area contributed by atoms with Crippen molar-refractivity contribution in [3.05, 3.63) is 41.2 Å². The minimum Gasteiger partial charge on any atom is -0.380 e. The van der Waals surface area contributed by atoms with E-state index in [2.05, 4.69) is 11.6 Å². The fourth-order valence-electron chi connectivity index (χ4n) is 2.51. The topological polar surface area (TPSA) is 40.6 Å². The van der Waals surface area contributed by atoms with Crippen LogP contribution in [0.15, 0.2) is 24.8 Å². The van der Waals surface area contributed by atoms with E-state index in [0.29, 0.717) is 31.6 Å². The lowest BCUT2D eigenvalue weighted by molar-refractivity contribution is -0.0442. The Morgan fingerprint density at radius 1 is 1.32 bits per heavy atom. The number of hydrogen-bond acceptors (Lipinski definition) is 4. The molecule has 0 saturated carbocycles. The summed E-state index contributed by atoms with van der Waals surface area (Å²) in [6, 6.07) is 3.77. The van der Waals surface area contributed by atoms with E-state index in [1.165, 1.54) is 0 Å². The molecule has 2 fully saturated rings. The third kappa shape index (κ3) is 2.41. The van der Waals surface area contributed by atoms with E-state index >= 15 is 0 Å². The Bertz CT molecular complexity index is 480. The van der Waals surface area contributed by atoms with E-state index in [1.807, 2.05) is 12.1 Å². The molecule has 1 aromatic heterocycles. The first-order valence-electron chi connectivity index (χ1n) is 6.36. The zero-order valence-electron chi connectivity index (χ0n) is 10.6. The normalized spacial score (nSPS) is 27.8. The number of aromatic nitrogens is 1. The summed E-state index contributed by atoms with van der Waals surface area (Å²) in [6.07, 6.45) is 2.43. The van der Waals surface area contributed by atoms with Crippen LogP contribution in [0.4, 0.5) is 0 Å². The molecule has 102 valence electrons. The van der Waals surface area contributed by atoms with Crippen LogP contribution < -0.4 is 0 Å². The van der Waals surface area contributed by atoms with Gasteiger partial charge in [-0.3, -0.25) is 0 Å². The Kier molecular flexibility index (Phi) is 3.58. The molecule has 1 aromatic rings. The molecule has 0 spiro atoms. The van der Waals surface area contributed by atoms with Gasteiger partial charge in [-0.05, 0) is 18.6 Å². The summed E-state index contributed by atoms with van der Waals surface area (Å²) >= 11 is 6.13. The number of rotatable bonds is 3. The van der Waals surface area contributed by atoms with Crippen LogP contribution in [0, 0.1) is 0 Å². The molecule has 2 aliphatic rings. The highest BCUT2D eigenvalue weighted by Crippen LogP contribution is 2.36. The molecule has 4 nitrogen and oxygen atoms in total. The van der Waals surface area contributed by atoms with Crippen LogP contribution in [0.3, 0.4) is 0 Å².